The van der Waals surface area contributed by atoms with Gasteiger partial charge in [0, 0.05) is 19.1 Å². The number of nitrogens with two attached hydrogens (primary N) is 1. The summed E-state index contributed by atoms with van der Waals surface area (Å²) >= 11 is 0.908. The Kier molecular flexibility index (Phi) is 10.4. The van der Waals surface area contributed by atoms with Crippen molar-refractivity contribution in [2.75, 3.05) is 24.1 Å². The number of anilines is 2. The number of rotatable bonds is 6. The number of carboxylic acids is 1. The van der Waals surface area contributed by atoms with Crippen LogP contribution in [0.2, 0.25) is 0 Å². The number of phenols is 1. The maximum absolute atomic E-state index is 14.0. The first-order valence-corrected chi connectivity index (χ1v) is 13.0. The largest absolute Gasteiger partial charge is 0.508 e. The highest BCUT2D eigenvalue weighted by molar-refractivity contribution is 7.18. The fraction of sp³-hybridized carbons (Fsp3) is 0.222. The lowest BCUT2D eigenvalue weighted by Gasteiger charge is -2.32. The number of hydrogen-bond donors (Lipinski definition) is 4. The molecule has 43 heavy (non-hydrogen) atoms. The van der Waals surface area contributed by atoms with Gasteiger partial charge in [0.15, 0.2) is 5.13 Å². The van der Waals surface area contributed by atoms with Gasteiger partial charge in [0.25, 0.3) is 5.91 Å². The quantitative estimate of drug-likeness (QED) is 0.133. The van der Waals surface area contributed by atoms with E-state index in [1.807, 2.05) is 6.07 Å². The second-order valence-corrected chi connectivity index (χ2v) is 9.94. The molecule has 0 radical (unpaired) electrons. The van der Waals surface area contributed by atoms with Crippen molar-refractivity contribution in [2.45, 2.75) is 25.1 Å². The van der Waals surface area contributed by atoms with Gasteiger partial charge in [0.05, 0.1) is 5.56 Å². The standard InChI is InChI=1S/C25H21F2N5O3S.C2HF3O2/c26-18-5-2-6-19(27)20(18)21(34)22-23(29)31-25(36-22)30-16-7-9-32(10-8-16)24(35)15(13-28)11-14-3-1-4-17(33)12-14;3-2(4,5)1(6)7/h1-6,11-12,16,33H,7-10,29H2,(H,30,31);(H,6,7)/b15-11-;. The lowest BCUT2D eigenvalue weighted by molar-refractivity contribution is -0.192. The second kappa shape index (κ2) is 13.7. The monoisotopic (exact) mass is 623 g/mol. The number of phenolic OH excluding ortho intramolecular Hbond substituents is 1. The average Bonchev–Trinajstić information content (AvgIpc) is 3.31. The smallest absolute Gasteiger partial charge is 0.490 e. The number of hydrogen-bond acceptors (Lipinski definition) is 9. The van der Waals surface area contributed by atoms with Crippen molar-refractivity contribution in [3.05, 3.63) is 75.7 Å². The number of halogens is 5. The highest BCUT2D eigenvalue weighted by Gasteiger charge is 2.38. The number of aliphatic carboxylic acids is 1. The summed E-state index contributed by atoms with van der Waals surface area (Å²) in [5, 5.41) is 29.7. The van der Waals surface area contributed by atoms with Crippen LogP contribution in [0, 0.1) is 23.0 Å². The molecule has 5 N–H and O–H groups in total. The predicted octanol–water partition coefficient (Wildman–Crippen LogP) is 4.58. The number of amides is 1. The van der Waals surface area contributed by atoms with Crippen molar-refractivity contribution in [1.29, 1.82) is 5.26 Å². The summed E-state index contributed by atoms with van der Waals surface area (Å²) in [5.74, 6) is -6.09. The number of likely N-dealkylation sites (tertiary alicyclic amines) is 1. The molecule has 0 unspecified atom stereocenters. The second-order valence-electron chi connectivity index (χ2n) is 8.94. The third-order valence-electron chi connectivity index (χ3n) is 5.93. The lowest BCUT2D eigenvalue weighted by atomic mass is 10.0. The van der Waals surface area contributed by atoms with E-state index in [0.29, 0.717) is 36.6 Å². The number of piperidine rings is 1. The molecule has 1 fully saturated rings. The van der Waals surface area contributed by atoms with Gasteiger partial charge in [-0.15, -0.1) is 0 Å². The zero-order chi connectivity index (χ0) is 31.9. The number of alkyl halides is 3. The molecule has 0 spiro atoms. The number of carboxylic acid groups (broad SMARTS) is 1. The minimum Gasteiger partial charge on any atom is -0.508 e. The van der Waals surface area contributed by atoms with E-state index >= 15 is 0 Å². The van der Waals surface area contributed by atoms with Gasteiger partial charge in [0.2, 0.25) is 5.78 Å². The highest BCUT2D eigenvalue weighted by atomic mass is 32.1. The average molecular weight is 624 g/mol. The van der Waals surface area contributed by atoms with Gasteiger partial charge in [-0.1, -0.05) is 29.5 Å². The molecule has 2 aromatic carbocycles. The molecule has 1 aromatic heterocycles. The molecular weight excluding hydrogens is 601 g/mol. The van der Waals surface area contributed by atoms with Crippen LogP contribution in [0.5, 0.6) is 5.75 Å². The van der Waals surface area contributed by atoms with Crippen LogP contribution in [0.4, 0.5) is 32.9 Å². The number of carbonyl (C=O) groups is 3. The van der Waals surface area contributed by atoms with Crippen molar-refractivity contribution >= 4 is 46.0 Å². The van der Waals surface area contributed by atoms with Crippen LogP contribution < -0.4 is 11.1 Å². The zero-order valence-corrected chi connectivity index (χ0v) is 22.7. The summed E-state index contributed by atoms with van der Waals surface area (Å²) in [5.41, 5.74) is 5.68. The number of thiazole rings is 1. The third kappa shape index (κ3) is 8.49. The summed E-state index contributed by atoms with van der Waals surface area (Å²) in [6, 6.07) is 11.3. The van der Waals surface area contributed by atoms with Gasteiger partial charge in [-0.3, -0.25) is 9.59 Å². The van der Waals surface area contributed by atoms with Gasteiger partial charge in [0.1, 0.15) is 39.7 Å². The topological polar surface area (TPSA) is 170 Å². The lowest BCUT2D eigenvalue weighted by Crippen LogP contribution is -2.42. The van der Waals surface area contributed by atoms with E-state index in [1.165, 1.54) is 24.3 Å². The van der Waals surface area contributed by atoms with Crippen molar-refractivity contribution in [1.82, 2.24) is 9.88 Å². The maximum Gasteiger partial charge on any atom is 0.490 e. The molecule has 3 aromatic rings. The Morgan fingerprint density at radius 3 is 2.23 bits per heavy atom. The van der Waals surface area contributed by atoms with Crippen LogP contribution in [0.3, 0.4) is 0 Å². The van der Waals surface area contributed by atoms with Crippen molar-refractivity contribution in [3.8, 4) is 11.8 Å². The number of nitrogen functional groups attached to an aromatic ring is 1. The molecule has 1 aliphatic rings. The molecule has 2 heterocycles. The van der Waals surface area contributed by atoms with Gasteiger partial charge in [-0.2, -0.15) is 18.4 Å². The molecule has 0 aliphatic carbocycles. The van der Waals surface area contributed by atoms with Crippen LogP contribution in [0.1, 0.15) is 33.6 Å². The Hall–Kier alpha value is -5.04. The van der Waals surface area contributed by atoms with E-state index in [-0.39, 0.29) is 28.1 Å². The van der Waals surface area contributed by atoms with Crippen LogP contribution >= 0.6 is 11.3 Å². The first kappa shape index (κ1) is 32.5. The number of nitriles is 1. The Morgan fingerprint density at radius 2 is 1.70 bits per heavy atom. The summed E-state index contributed by atoms with van der Waals surface area (Å²) in [7, 11) is 0. The van der Waals surface area contributed by atoms with E-state index in [2.05, 4.69) is 10.3 Å². The number of aromatic hydroxyl groups is 1. The van der Waals surface area contributed by atoms with E-state index in [4.69, 9.17) is 15.6 Å². The van der Waals surface area contributed by atoms with Gasteiger partial charge < -0.3 is 26.2 Å². The number of benzene rings is 2. The summed E-state index contributed by atoms with van der Waals surface area (Å²) in [6.45, 7) is 0.755. The zero-order valence-electron chi connectivity index (χ0n) is 21.9. The van der Waals surface area contributed by atoms with Crippen molar-refractivity contribution in [3.63, 3.8) is 0 Å². The molecule has 1 aliphatic heterocycles. The van der Waals surface area contributed by atoms with Gasteiger partial charge >= 0.3 is 12.1 Å². The number of ketones is 1. The SMILES string of the molecule is N#C/C(=C/c1cccc(O)c1)C(=O)N1CCC(Nc2nc(N)c(C(=O)c3c(F)cccc3F)s2)CC1.O=C(O)C(F)(F)F. The third-order valence-corrected chi connectivity index (χ3v) is 6.93. The number of aromatic nitrogens is 1. The predicted molar refractivity (Wildman–Crippen MR) is 145 cm³/mol. The van der Waals surface area contributed by atoms with Crippen molar-refractivity contribution < 1.29 is 46.5 Å². The number of nitrogens with zero attached hydrogens (tertiary/aromatic N) is 3. The maximum atomic E-state index is 14.0. The summed E-state index contributed by atoms with van der Waals surface area (Å²) in [6.07, 6.45) is -2.57. The molecule has 4 rings (SSSR count). The molecule has 0 atom stereocenters. The molecule has 226 valence electrons. The van der Waals surface area contributed by atoms with E-state index < -0.39 is 41.0 Å². The normalized spacial score (nSPS) is 13.9. The molecule has 0 saturated carbocycles. The molecule has 10 nitrogen and oxygen atoms in total. The number of nitrogens with one attached hydrogen (secondary N) is 1. The highest BCUT2D eigenvalue weighted by Crippen LogP contribution is 2.30. The summed E-state index contributed by atoms with van der Waals surface area (Å²) < 4.78 is 59.8. The fourth-order valence-corrected chi connectivity index (χ4v) is 4.79. The van der Waals surface area contributed by atoms with Crippen LogP contribution in [0.25, 0.3) is 6.08 Å². The van der Waals surface area contributed by atoms with E-state index in [9.17, 15) is 41.9 Å². The molecule has 1 amide bonds. The first-order valence-electron chi connectivity index (χ1n) is 12.2. The van der Waals surface area contributed by atoms with Gasteiger partial charge in [-0.25, -0.2) is 18.6 Å². The minimum absolute atomic E-state index is 0.0343. The molecule has 16 heteroatoms. The number of carbonyl (C=O) groups excluding carboxylic acids is 2. The van der Waals surface area contributed by atoms with Crippen LogP contribution in [0.15, 0.2) is 48.0 Å². The Balaban J connectivity index is 0.000000646. The molecular formula is C27H22F5N5O5S. The molecule has 1 saturated heterocycles. The Morgan fingerprint density at radius 1 is 1.12 bits per heavy atom. The summed E-state index contributed by atoms with van der Waals surface area (Å²) in [4.78, 5) is 40.0. The fourth-order valence-electron chi connectivity index (χ4n) is 3.88. The Labute approximate surface area is 244 Å². The van der Waals surface area contributed by atoms with E-state index in [0.717, 1.165) is 23.5 Å². The van der Waals surface area contributed by atoms with Gasteiger partial charge in [-0.05, 0) is 48.7 Å². The first-order chi connectivity index (χ1) is 20.2. The minimum atomic E-state index is -5.08. The van der Waals surface area contributed by atoms with Crippen molar-refractivity contribution in [2.24, 2.45) is 0 Å². The molecule has 0 bridgehead atoms. The van der Waals surface area contributed by atoms with Crippen LogP contribution in [-0.2, 0) is 9.59 Å². The Bertz CT molecular complexity index is 1570. The van der Waals surface area contributed by atoms with Crippen LogP contribution in [-0.4, -0.2) is 63.1 Å². The van der Waals surface area contributed by atoms with E-state index in [1.54, 1.807) is 17.0 Å².